The lowest BCUT2D eigenvalue weighted by atomic mass is 9.85. The molecule has 0 bridgehead atoms. The van der Waals surface area contributed by atoms with E-state index in [0.29, 0.717) is 10.7 Å². The van der Waals surface area contributed by atoms with Crippen molar-refractivity contribution in [2.45, 2.75) is 70.6 Å². The summed E-state index contributed by atoms with van der Waals surface area (Å²) in [6.45, 7) is 4.03. The minimum absolute atomic E-state index is 0.0423. The Balaban J connectivity index is 1.52. The van der Waals surface area contributed by atoms with Crippen LogP contribution in [0.25, 0.3) is 0 Å². The monoisotopic (exact) mass is 417 g/mol. The number of hydrogen-bond acceptors (Lipinski definition) is 5. The smallest absolute Gasteiger partial charge is 0.268 e. The average molecular weight is 418 g/mol. The molecule has 0 radical (unpaired) electrons. The number of fused-ring (bicyclic) bond motifs is 3. The Morgan fingerprint density at radius 2 is 2.07 bits per heavy atom. The van der Waals surface area contributed by atoms with Crippen molar-refractivity contribution in [3.05, 3.63) is 28.8 Å². The maximum Gasteiger partial charge on any atom is 0.268 e. The largest absolute Gasteiger partial charge is 0.325 e. The fourth-order valence-electron chi connectivity index (χ4n) is 4.75. The van der Waals surface area contributed by atoms with E-state index in [9.17, 15) is 9.59 Å². The summed E-state index contributed by atoms with van der Waals surface area (Å²) in [6.07, 6.45) is 5.50. The molecule has 29 heavy (non-hydrogen) atoms. The van der Waals surface area contributed by atoms with Gasteiger partial charge < -0.3 is 15.1 Å². The molecule has 7 nitrogen and oxygen atoms in total. The highest BCUT2D eigenvalue weighted by molar-refractivity contribution is 6.31. The van der Waals surface area contributed by atoms with Gasteiger partial charge in [0.15, 0.2) is 6.17 Å². The third kappa shape index (κ3) is 3.68. The number of hydrogen-bond donors (Lipinski definition) is 2. The molecule has 2 heterocycles. The van der Waals surface area contributed by atoms with Crippen LogP contribution in [0.1, 0.15) is 51.0 Å². The van der Waals surface area contributed by atoms with Crippen molar-refractivity contribution in [2.24, 2.45) is 5.10 Å². The molecule has 1 aromatic carbocycles. The van der Waals surface area contributed by atoms with Gasteiger partial charge in [0, 0.05) is 17.1 Å². The van der Waals surface area contributed by atoms with Crippen LogP contribution in [-0.4, -0.2) is 52.2 Å². The van der Waals surface area contributed by atoms with Crippen molar-refractivity contribution in [3.8, 4) is 0 Å². The summed E-state index contributed by atoms with van der Waals surface area (Å²) in [6, 6.07) is 5.68. The second-order valence-corrected chi connectivity index (χ2v) is 8.47. The van der Waals surface area contributed by atoms with Gasteiger partial charge in [-0.25, -0.2) is 0 Å². The molecule has 2 N–H and O–H groups in total. The Morgan fingerprint density at radius 1 is 1.31 bits per heavy atom. The Bertz CT molecular complexity index is 842. The van der Waals surface area contributed by atoms with E-state index >= 15 is 0 Å². The number of nitrogens with zero attached hydrogens (tertiary/aromatic N) is 3. The molecule has 0 aromatic heterocycles. The molecule has 8 heteroatoms. The first-order valence-corrected chi connectivity index (χ1v) is 10.8. The third-order valence-electron chi connectivity index (χ3n) is 6.19. The average Bonchev–Trinajstić information content (AvgIpc) is 3.13. The van der Waals surface area contributed by atoms with Crippen LogP contribution in [0.4, 0.5) is 5.69 Å². The number of carbonyl (C=O) groups excluding carboxylic acids is 2. The molecule has 2 fully saturated rings. The molecule has 3 aliphatic rings. The molecule has 2 amide bonds. The van der Waals surface area contributed by atoms with Crippen molar-refractivity contribution in [1.82, 2.24) is 15.2 Å². The van der Waals surface area contributed by atoms with Crippen LogP contribution in [0.15, 0.2) is 23.3 Å². The summed E-state index contributed by atoms with van der Waals surface area (Å²) < 4.78 is 0. The molecule has 1 saturated carbocycles. The van der Waals surface area contributed by atoms with Gasteiger partial charge in [-0.05, 0) is 43.9 Å². The number of nitrogens with one attached hydrogen (secondary N) is 2. The van der Waals surface area contributed by atoms with Gasteiger partial charge in [0.1, 0.15) is 12.4 Å². The number of piperazine rings is 1. The summed E-state index contributed by atoms with van der Waals surface area (Å²) in [5.41, 5.74) is 4.52. The van der Waals surface area contributed by atoms with Crippen LogP contribution in [0.2, 0.25) is 5.02 Å². The van der Waals surface area contributed by atoms with Gasteiger partial charge in [-0.15, -0.1) is 0 Å². The van der Waals surface area contributed by atoms with Gasteiger partial charge in [-0.2, -0.15) is 5.10 Å². The Labute approximate surface area is 176 Å². The predicted molar refractivity (Wildman–Crippen MR) is 114 cm³/mol. The summed E-state index contributed by atoms with van der Waals surface area (Å²) in [7, 11) is 0. The summed E-state index contributed by atoms with van der Waals surface area (Å²) in [4.78, 5) is 30.0. The van der Waals surface area contributed by atoms with E-state index in [0.717, 1.165) is 49.9 Å². The molecule has 1 saturated heterocycles. The highest BCUT2D eigenvalue weighted by Crippen LogP contribution is 2.35. The quantitative estimate of drug-likeness (QED) is 0.771. The van der Waals surface area contributed by atoms with Gasteiger partial charge in [-0.3, -0.25) is 15.0 Å². The van der Waals surface area contributed by atoms with Crippen molar-refractivity contribution < 1.29 is 9.59 Å². The second kappa shape index (κ2) is 8.22. The second-order valence-electron chi connectivity index (χ2n) is 8.06. The van der Waals surface area contributed by atoms with Gasteiger partial charge in [0.2, 0.25) is 5.91 Å². The van der Waals surface area contributed by atoms with Gasteiger partial charge in [-0.1, -0.05) is 37.4 Å². The number of amidine groups is 1. The zero-order valence-corrected chi connectivity index (χ0v) is 17.7. The lowest BCUT2D eigenvalue weighted by Crippen LogP contribution is -2.69. The lowest BCUT2D eigenvalue weighted by molar-refractivity contribution is -0.151. The highest BCUT2D eigenvalue weighted by atomic mass is 35.5. The molecule has 0 spiro atoms. The standard InChI is InChI=1S/C21H28ClN5O2/c1-3-7-18-24-25-20-21(29)26(16-10-4-5-11-17(16)27(18)20)12-19(28)23-15-9-6-8-14(22)13(15)2/h6,8-9,16-17,20,25H,3-5,7,10-12H2,1-2H3,(H,23,28). The summed E-state index contributed by atoms with van der Waals surface area (Å²) in [5.74, 6) is 0.705. The number of benzene rings is 1. The van der Waals surface area contributed by atoms with Crippen molar-refractivity contribution in [2.75, 3.05) is 11.9 Å². The zero-order valence-electron chi connectivity index (χ0n) is 16.9. The van der Waals surface area contributed by atoms with Crippen molar-refractivity contribution in [3.63, 3.8) is 0 Å². The Morgan fingerprint density at radius 3 is 2.83 bits per heavy atom. The van der Waals surface area contributed by atoms with E-state index < -0.39 is 6.17 Å². The van der Waals surface area contributed by atoms with Crippen molar-refractivity contribution >= 4 is 34.9 Å². The molecule has 1 aromatic rings. The number of rotatable bonds is 5. The number of amides is 2. The third-order valence-corrected chi connectivity index (χ3v) is 6.60. The molecule has 1 aliphatic carbocycles. The molecule has 4 rings (SSSR count). The normalized spacial score (nSPS) is 25.8. The minimum atomic E-state index is -0.489. The van der Waals surface area contributed by atoms with Gasteiger partial charge in [0.05, 0.1) is 12.1 Å². The number of carbonyl (C=O) groups is 2. The first kappa shape index (κ1) is 20.0. The molecule has 2 aliphatic heterocycles. The molecular formula is C21H28ClN5O2. The topological polar surface area (TPSA) is 77.0 Å². The first-order valence-electron chi connectivity index (χ1n) is 10.5. The van der Waals surface area contributed by atoms with E-state index in [1.54, 1.807) is 17.0 Å². The van der Waals surface area contributed by atoms with E-state index in [2.05, 4.69) is 27.7 Å². The van der Waals surface area contributed by atoms with Crippen LogP contribution in [-0.2, 0) is 9.59 Å². The molecule has 156 valence electrons. The molecule has 3 unspecified atom stereocenters. The predicted octanol–water partition coefficient (Wildman–Crippen LogP) is 3.09. The highest BCUT2D eigenvalue weighted by Gasteiger charge is 2.50. The number of halogens is 1. The number of anilines is 1. The van der Waals surface area contributed by atoms with Crippen molar-refractivity contribution in [1.29, 1.82) is 0 Å². The zero-order chi connectivity index (χ0) is 20.5. The van der Waals surface area contributed by atoms with Crippen LogP contribution in [0.3, 0.4) is 0 Å². The van der Waals surface area contributed by atoms with E-state index in [1.165, 1.54) is 0 Å². The number of hydrazone groups is 1. The maximum atomic E-state index is 13.3. The lowest BCUT2D eigenvalue weighted by Gasteiger charge is -2.51. The maximum absolute atomic E-state index is 13.3. The van der Waals surface area contributed by atoms with E-state index in [1.807, 2.05) is 13.0 Å². The SMILES string of the molecule is CCCC1=NNC2C(=O)N(CC(=O)Nc3cccc(Cl)c3C)C3CCCCC3N12. The van der Waals surface area contributed by atoms with E-state index in [-0.39, 0.29) is 30.4 Å². The molecule has 3 atom stereocenters. The van der Waals surface area contributed by atoms with Crippen LogP contribution >= 0.6 is 11.6 Å². The van der Waals surface area contributed by atoms with Gasteiger partial charge >= 0.3 is 0 Å². The van der Waals surface area contributed by atoms with Gasteiger partial charge in [0.25, 0.3) is 5.91 Å². The fraction of sp³-hybridized carbons (Fsp3) is 0.571. The van der Waals surface area contributed by atoms with E-state index in [4.69, 9.17) is 11.6 Å². The first-order chi connectivity index (χ1) is 14.0. The van der Waals surface area contributed by atoms with Crippen LogP contribution in [0, 0.1) is 6.92 Å². The fourth-order valence-corrected chi connectivity index (χ4v) is 4.93. The summed E-state index contributed by atoms with van der Waals surface area (Å²) >= 11 is 6.16. The summed E-state index contributed by atoms with van der Waals surface area (Å²) in [5, 5.41) is 7.97. The Hall–Kier alpha value is -2.28. The minimum Gasteiger partial charge on any atom is -0.325 e. The Kier molecular flexibility index (Phi) is 5.67. The van der Waals surface area contributed by atoms with Crippen LogP contribution in [0.5, 0.6) is 0 Å². The van der Waals surface area contributed by atoms with Crippen LogP contribution < -0.4 is 10.7 Å². The molecular weight excluding hydrogens is 390 g/mol.